The van der Waals surface area contributed by atoms with Gasteiger partial charge in [0, 0.05) is 12.5 Å². The zero-order valence-electron chi connectivity index (χ0n) is 9.22. The lowest BCUT2D eigenvalue weighted by atomic mass is 10.00. The Morgan fingerprint density at radius 3 is 2.53 bits per heavy atom. The van der Waals surface area contributed by atoms with Gasteiger partial charge in [0.05, 0.1) is 12.5 Å². The molecule has 0 aliphatic rings. The molecule has 0 bridgehead atoms. The van der Waals surface area contributed by atoms with E-state index in [0.717, 1.165) is 12.8 Å². The monoisotopic (exact) mass is 235 g/mol. The minimum atomic E-state index is -0.485. The number of hydrogen-bond acceptors (Lipinski definition) is 3. The number of ether oxygens (including phenoxy) is 1. The SMILES string of the molecule is CCCC(CNC(=O)OCC)C(=O)CCl. The van der Waals surface area contributed by atoms with E-state index in [4.69, 9.17) is 11.6 Å². The summed E-state index contributed by atoms with van der Waals surface area (Å²) in [6.45, 7) is 4.35. The standard InChI is InChI=1S/C10H18ClNO3/c1-3-5-8(9(13)6-11)7-12-10(14)15-4-2/h8H,3-7H2,1-2H3,(H,12,14). The van der Waals surface area contributed by atoms with Crippen molar-refractivity contribution in [1.29, 1.82) is 0 Å². The van der Waals surface area contributed by atoms with E-state index in [2.05, 4.69) is 10.1 Å². The van der Waals surface area contributed by atoms with Gasteiger partial charge in [-0.1, -0.05) is 13.3 Å². The normalized spacial score (nSPS) is 11.9. The maximum atomic E-state index is 11.3. The largest absolute Gasteiger partial charge is 0.450 e. The van der Waals surface area contributed by atoms with Gasteiger partial charge in [0.2, 0.25) is 0 Å². The van der Waals surface area contributed by atoms with Crippen LogP contribution in [0.1, 0.15) is 26.7 Å². The molecule has 0 aromatic heterocycles. The van der Waals surface area contributed by atoms with Crippen molar-refractivity contribution < 1.29 is 14.3 Å². The Labute approximate surface area is 95.3 Å². The van der Waals surface area contributed by atoms with Crippen LogP contribution >= 0.6 is 11.6 Å². The summed E-state index contributed by atoms with van der Waals surface area (Å²) >= 11 is 5.47. The van der Waals surface area contributed by atoms with Crippen LogP contribution in [0.4, 0.5) is 4.79 Å². The lowest BCUT2D eigenvalue weighted by Gasteiger charge is -2.14. The van der Waals surface area contributed by atoms with E-state index in [1.165, 1.54) is 0 Å². The maximum absolute atomic E-state index is 11.3. The molecule has 0 spiro atoms. The van der Waals surface area contributed by atoms with Crippen LogP contribution in [0, 0.1) is 5.92 Å². The highest BCUT2D eigenvalue weighted by atomic mass is 35.5. The number of alkyl halides is 1. The molecule has 88 valence electrons. The first-order valence-corrected chi connectivity index (χ1v) is 5.68. The molecule has 0 rings (SSSR count). The number of amides is 1. The molecule has 0 saturated heterocycles. The molecule has 0 aromatic rings. The molecule has 15 heavy (non-hydrogen) atoms. The van der Waals surface area contributed by atoms with Crippen molar-refractivity contribution in [1.82, 2.24) is 5.32 Å². The third-order valence-corrected chi connectivity index (χ3v) is 2.26. The molecule has 1 N–H and O–H groups in total. The molecule has 0 heterocycles. The predicted octanol–water partition coefficient (Wildman–Crippen LogP) is 1.96. The van der Waals surface area contributed by atoms with Crippen LogP contribution in [0.2, 0.25) is 0 Å². The van der Waals surface area contributed by atoms with Crippen molar-refractivity contribution >= 4 is 23.5 Å². The summed E-state index contributed by atoms with van der Waals surface area (Å²) in [4.78, 5) is 22.3. The smallest absolute Gasteiger partial charge is 0.407 e. The molecule has 4 nitrogen and oxygen atoms in total. The Bertz CT molecular complexity index is 209. The number of hydrogen-bond donors (Lipinski definition) is 1. The third kappa shape index (κ3) is 6.33. The van der Waals surface area contributed by atoms with Gasteiger partial charge in [0.25, 0.3) is 0 Å². The van der Waals surface area contributed by atoms with E-state index in [-0.39, 0.29) is 17.6 Å². The molecule has 1 amide bonds. The van der Waals surface area contributed by atoms with Gasteiger partial charge in [-0.05, 0) is 13.3 Å². The van der Waals surface area contributed by atoms with Crippen LogP contribution < -0.4 is 5.32 Å². The molecule has 0 aromatic carbocycles. The van der Waals surface area contributed by atoms with E-state index in [9.17, 15) is 9.59 Å². The lowest BCUT2D eigenvalue weighted by Crippen LogP contribution is -2.33. The summed E-state index contributed by atoms with van der Waals surface area (Å²) < 4.78 is 4.69. The van der Waals surface area contributed by atoms with Gasteiger partial charge >= 0.3 is 6.09 Å². The van der Waals surface area contributed by atoms with E-state index in [1.807, 2.05) is 6.92 Å². The number of carbonyl (C=O) groups excluding carboxylic acids is 2. The van der Waals surface area contributed by atoms with E-state index in [1.54, 1.807) is 6.92 Å². The number of ketones is 1. The summed E-state index contributed by atoms with van der Waals surface area (Å²) in [5.74, 6) is -0.234. The van der Waals surface area contributed by atoms with Crippen LogP contribution in [0.5, 0.6) is 0 Å². The molecular weight excluding hydrogens is 218 g/mol. The highest BCUT2D eigenvalue weighted by Gasteiger charge is 2.17. The third-order valence-electron chi connectivity index (χ3n) is 1.99. The summed E-state index contributed by atoms with van der Waals surface area (Å²) in [7, 11) is 0. The first-order chi connectivity index (χ1) is 7.15. The second kappa shape index (κ2) is 8.53. The highest BCUT2D eigenvalue weighted by molar-refractivity contribution is 6.27. The number of nitrogens with one attached hydrogen (secondary N) is 1. The average molecular weight is 236 g/mol. The van der Waals surface area contributed by atoms with E-state index >= 15 is 0 Å². The number of halogens is 1. The minimum absolute atomic E-state index is 0.00479. The Hall–Kier alpha value is -0.770. The van der Waals surface area contributed by atoms with Gasteiger partial charge in [-0.25, -0.2) is 4.79 Å². The summed E-state index contributed by atoms with van der Waals surface area (Å²) in [6, 6.07) is 0. The molecule has 0 fully saturated rings. The summed E-state index contributed by atoms with van der Waals surface area (Å²) in [5, 5.41) is 2.54. The Morgan fingerprint density at radius 2 is 2.07 bits per heavy atom. The summed E-state index contributed by atoms with van der Waals surface area (Å²) in [5.41, 5.74) is 0. The zero-order valence-corrected chi connectivity index (χ0v) is 9.97. The van der Waals surface area contributed by atoms with Crippen molar-refractivity contribution in [2.24, 2.45) is 5.92 Å². The van der Waals surface area contributed by atoms with Crippen molar-refractivity contribution in [2.75, 3.05) is 19.0 Å². The number of rotatable bonds is 7. The fourth-order valence-corrected chi connectivity index (χ4v) is 1.44. The molecule has 0 radical (unpaired) electrons. The fourth-order valence-electron chi connectivity index (χ4n) is 1.22. The molecule has 0 aliphatic heterocycles. The van der Waals surface area contributed by atoms with E-state index < -0.39 is 6.09 Å². The molecule has 5 heteroatoms. The Balaban J connectivity index is 3.95. The van der Waals surface area contributed by atoms with Crippen molar-refractivity contribution in [3.05, 3.63) is 0 Å². The van der Waals surface area contributed by atoms with Gasteiger partial charge in [-0.2, -0.15) is 0 Å². The van der Waals surface area contributed by atoms with Gasteiger partial charge in [-0.15, -0.1) is 11.6 Å². The predicted molar refractivity (Wildman–Crippen MR) is 59.1 cm³/mol. The van der Waals surface area contributed by atoms with Crippen LogP contribution in [0.25, 0.3) is 0 Å². The molecule has 1 unspecified atom stereocenters. The van der Waals surface area contributed by atoms with Crippen LogP contribution in [0.3, 0.4) is 0 Å². The number of carbonyl (C=O) groups is 2. The highest BCUT2D eigenvalue weighted by Crippen LogP contribution is 2.07. The minimum Gasteiger partial charge on any atom is -0.450 e. The maximum Gasteiger partial charge on any atom is 0.407 e. The van der Waals surface area contributed by atoms with Crippen molar-refractivity contribution in [3.63, 3.8) is 0 Å². The number of alkyl carbamates (subject to hydrolysis) is 1. The second-order valence-electron chi connectivity index (χ2n) is 3.19. The molecule has 1 atom stereocenters. The van der Waals surface area contributed by atoms with Crippen LogP contribution in [0.15, 0.2) is 0 Å². The topological polar surface area (TPSA) is 55.4 Å². The Morgan fingerprint density at radius 1 is 1.40 bits per heavy atom. The fraction of sp³-hybridized carbons (Fsp3) is 0.800. The van der Waals surface area contributed by atoms with Crippen molar-refractivity contribution in [2.45, 2.75) is 26.7 Å². The first-order valence-electron chi connectivity index (χ1n) is 5.14. The first kappa shape index (κ1) is 14.2. The van der Waals surface area contributed by atoms with Crippen LogP contribution in [-0.2, 0) is 9.53 Å². The lowest BCUT2D eigenvalue weighted by molar-refractivity contribution is -0.120. The zero-order chi connectivity index (χ0) is 11.7. The summed E-state index contributed by atoms with van der Waals surface area (Å²) in [6.07, 6.45) is 1.14. The average Bonchev–Trinajstić information content (AvgIpc) is 2.23. The second-order valence-corrected chi connectivity index (χ2v) is 3.45. The van der Waals surface area contributed by atoms with Gasteiger partial charge < -0.3 is 10.1 Å². The molecular formula is C10H18ClNO3. The van der Waals surface area contributed by atoms with E-state index in [0.29, 0.717) is 13.2 Å². The quantitative estimate of drug-likeness (QED) is 0.687. The van der Waals surface area contributed by atoms with Crippen LogP contribution in [-0.4, -0.2) is 30.9 Å². The van der Waals surface area contributed by atoms with Crippen molar-refractivity contribution in [3.8, 4) is 0 Å². The molecule has 0 saturated carbocycles. The Kier molecular flexibility index (Phi) is 8.09. The number of Topliss-reactive ketones (excluding diaryl/α,β-unsaturated/α-hetero) is 1. The molecule has 0 aliphatic carbocycles. The van der Waals surface area contributed by atoms with Gasteiger partial charge in [0.15, 0.2) is 5.78 Å². The van der Waals surface area contributed by atoms with Gasteiger partial charge in [0.1, 0.15) is 0 Å². The van der Waals surface area contributed by atoms with Gasteiger partial charge in [-0.3, -0.25) is 4.79 Å².